The van der Waals surface area contributed by atoms with E-state index in [9.17, 15) is 0 Å². The summed E-state index contributed by atoms with van der Waals surface area (Å²) in [5.74, 6) is 2.74. The third-order valence-electron chi connectivity index (χ3n) is 3.35. The third-order valence-corrected chi connectivity index (χ3v) is 3.35. The maximum absolute atomic E-state index is 8.97. The van der Waals surface area contributed by atoms with Crippen molar-refractivity contribution in [3.8, 4) is 23.0 Å². The zero-order valence-electron chi connectivity index (χ0n) is 16.2. The van der Waals surface area contributed by atoms with Crippen LogP contribution in [0.3, 0.4) is 0 Å². The molecule has 0 amide bonds. The summed E-state index contributed by atoms with van der Waals surface area (Å²) in [5.41, 5.74) is 2.05. The average Bonchev–Trinajstić information content (AvgIpc) is 2.65. The predicted octanol–water partition coefficient (Wildman–Crippen LogP) is 3.03. The molecule has 0 atom stereocenters. The van der Waals surface area contributed by atoms with Crippen molar-refractivity contribution in [1.82, 2.24) is 0 Å². The van der Waals surface area contributed by atoms with E-state index >= 15 is 0 Å². The van der Waals surface area contributed by atoms with Crippen LogP contribution in [0.1, 0.15) is 18.1 Å². The highest BCUT2D eigenvalue weighted by molar-refractivity contribution is 7.83. The summed E-state index contributed by atoms with van der Waals surface area (Å²) >= 11 is 0. The normalized spacial score (nSPS) is 10.8. The standard InChI is InChI=1S/C19H22O4.H3NO3S/c1-5-23-16-10-8-14(9-11-16)6-7-15-12-17(20-2)19(22-4)18(13-15)21-3;1-5(2,3)4/h6-13H,5H2,1-4H3;(H3,1,2,3,4)/b7-6-;. The van der Waals surface area contributed by atoms with E-state index in [0.717, 1.165) is 16.9 Å². The van der Waals surface area contributed by atoms with E-state index in [1.807, 2.05) is 55.5 Å². The SMILES string of the molecule is CCOc1ccc(/C=C\c2cc(OC)c(OC)c(OC)c2)cc1.NS(=O)(=O)O. The van der Waals surface area contributed by atoms with Crippen LogP contribution in [0.15, 0.2) is 36.4 Å². The monoisotopic (exact) mass is 411 g/mol. The quantitative estimate of drug-likeness (QED) is 0.531. The van der Waals surface area contributed by atoms with Crippen LogP contribution in [0.5, 0.6) is 23.0 Å². The Hall–Kier alpha value is -2.75. The minimum Gasteiger partial charge on any atom is -0.494 e. The third kappa shape index (κ3) is 8.30. The first kappa shape index (κ1) is 23.3. The number of hydrogen-bond donors (Lipinski definition) is 2. The molecule has 0 spiro atoms. The Morgan fingerprint density at radius 1 is 0.929 bits per heavy atom. The van der Waals surface area contributed by atoms with E-state index in [1.165, 1.54) is 0 Å². The van der Waals surface area contributed by atoms with Crippen molar-refractivity contribution in [2.24, 2.45) is 5.14 Å². The molecule has 9 heteroatoms. The zero-order chi connectivity index (χ0) is 21.2. The molecule has 0 aromatic heterocycles. The van der Waals surface area contributed by atoms with Gasteiger partial charge in [0.15, 0.2) is 11.5 Å². The number of nitrogens with two attached hydrogens (primary N) is 1. The van der Waals surface area contributed by atoms with Gasteiger partial charge < -0.3 is 18.9 Å². The first-order chi connectivity index (χ1) is 13.2. The molecule has 0 unspecified atom stereocenters. The summed E-state index contributed by atoms with van der Waals surface area (Å²) in [6.07, 6.45) is 4.02. The van der Waals surface area contributed by atoms with Gasteiger partial charge >= 0.3 is 10.3 Å². The van der Waals surface area contributed by atoms with E-state index in [-0.39, 0.29) is 0 Å². The molecule has 0 radical (unpaired) electrons. The lowest BCUT2D eigenvalue weighted by Gasteiger charge is -2.12. The van der Waals surface area contributed by atoms with Gasteiger partial charge in [0.1, 0.15) is 5.75 Å². The van der Waals surface area contributed by atoms with Crippen LogP contribution in [0.2, 0.25) is 0 Å². The Labute approximate surface area is 165 Å². The van der Waals surface area contributed by atoms with Crippen molar-refractivity contribution in [2.45, 2.75) is 6.92 Å². The maximum Gasteiger partial charge on any atom is 0.330 e. The summed E-state index contributed by atoms with van der Waals surface area (Å²) in [6.45, 7) is 2.64. The van der Waals surface area contributed by atoms with Crippen LogP contribution in [0, 0.1) is 0 Å². The molecular formula is C19H25NO7S. The van der Waals surface area contributed by atoms with Crippen LogP contribution in [-0.2, 0) is 10.3 Å². The van der Waals surface area contributed by atoms with Gasteiger partial charge in [-0.15, -0.1) is 0 Å². The van der Waals surface area contributed by atoms with Gasteiger partial charge in [0, 0.05) is 0 Å². The largest absolute Gasteiger partial charge is 0.494 e. The van der Waals surface area contributed by atoms with Crippen molar-refractivity contribution in [2.75, 3.05) is 27.9 Å². The molecule has 0 aliphatic rings. The zero-order valence-corrected chi connectivity index (χ0v) is 17.0. The fourth-order valence-electron chi connectivity index (χ4n) is 2.23. The van der Waals surface area contributed by atoms with Gasteiger partial charge in [0.2, 0.25) is 5.75 Å². The van der Waals surface area contributed by atoms with Crippen LogP contribution in [0.4, 0.5) is 0 Å². The molecule has 2 aromatic rings. The lowest BCUT2D eigenvalue weighted by Crippen LogP contribution is -2.08. The van der Waals surface area contributed by atoms with Crippen LogP contribution in [-0.4, -0.2) is 40.9 Å². The Balaban J connectivity index is 0.000000696. The van der Waals surface area contributed by atoms with E-state index < -0.39 is 10.3 Å². The van der Waals surface area contributed by atoms with E-state index in [1.54, 1.807) is 21.3 Å². The van der Waals surface area contributed by atoms with Gasteiger partial charge in [-0.3, -0.25) is 4.55 Å². The highest BCUT2D eigenvalue weighted by Gasteiger charge is 2.11. The molecule has 154 valence electrons. The average molecular weight is 411 g/mol. The Kier molecular flexibility index (Phi) is 9.29. The second-order valence-electron chi connectivity index (χ2n) is 5.31. The molecule has 0 aliphatic heterocycles. The second-order valence-corrected chi connectivity index (χ2v) is 6.34. The van der Waals surface area contributed by atoms with Crippen LogP contribution in [0.25, 0.3) is 12.2 Å². The molecule has 0 saturated heterocycles. The van der Waals surface area contributed by atoms with Gasteiger partial charge in [-0.2, -0.15) is 8.42 Å². The lowest BCUT2D eigenvalue weighted by atomic mass is 10.1. The minimum absolute atomic E-state index is 0.591. The summed E-state index contributed by atoms with van der Waals surface area (Å²) in [6, 6.07) is 11.8. The number of benzene rings is 2. The Morgan fingerprint density at radius 3 is 1.79 bits per heavy atom. The Morgan fingerprint density at radius 2 is 1.39 bits per heavy atom. The maximum atomic E-state index is 8.97. The van der Waals surface area contributed by atoms with Gasteiger partial charge in [0.05, 0.1) is 27.9 Å². The minimum atomic E-state index is -4.17. The summed E-state index contributed by atoms with van der Waals surface area (Å²) in [4.78, 5) is 0. The van der Waals surface area contributed by atoms with E-state index in [0.29, 0.717) is 23.9 Å². The predicted molar refractivity (Wildman–Crippen MR) is 108 cm³/mol. The number of rotatable bonds is 7. The van der Waals surface area contributed by atoms with Crippen LogP contribution >= 0.6 is 0 Å². The molecule has 3 N–H and O–H groups in total. The van der Waals surface area contributed by atoms with Crippen molar-refractivity contribution in [1.29, 1.82) is 0 Å². The highest BCUT2D eigenvalue weighted by atomic mass is 32.2. The molecule has 2 rings (SSSR count). The summed E-state index contributed by atoms with van der Waals surface area (Å²) < 4.78 is 46.7. The molecule has 0 fully saturated rings. The molecule has 0 aliphatic carbocycles. The smallest absolute Gasteiger partial charge is 0.330 e. The van der Waals surface area contributed by atoms with Crippen molar-refractivity contribution in [3.05, 3.63) is 47.5 Å². The van der Waals surface area contributed by atoms with Crippen LogP contribution < -0.4 is 24.1 Å². The molecule has 0 bridgehead atoms. The first-order valence-electron chi connectivity index (χ1n) is 8.18. The van der Waals surface area contributed by atoms with Crippen molar-refractivity contribution >= 4 is 22.5 Å². The Bertz CT molecular complexity index is 845. The number of methoxy groups -OCH3 is 3. The number of hydrogen-bond acceptors (Lipinski definition) is 6. The molecule has 2 aromatic carbocycles. The van der Waals surface area contributed by atoms with Gasteiger partial charge in [-0.1, -0.05) is 24.3 Å². The molecule has 8 nitrogen and oxygen atoms in total. The lowest BCUT2D eigenvalue weighted by molar-refractivity contribution is 0.324. The molecule has 0 saturated carbocycles. The first-order valence-corrected chi connectivity index (χ1v) is 9.68. The summed E-state index contributed by atoms with van der Waals surface area (Å²) in [5, 5.41) is 3.88. The van der Waals surface area contributed by atoms with Gasteiger partial charge in [-0.05, 0) is 42.3 Å². The fourth-order valence-corrected chi connectivity index (χ4v) is 2.23. The molecular weight excluding hydrogens is 386 g/mol. The highest BCUT2D eigenvalue weighted by Crippen LogP contribution is 2.38. The van der Waals surface area contributed by atoms with Crippen molar-refractivity contribution < 1.29 is 31.9 Å². The van der Waals surface area contributed by atoms with E-state index in [4.69, 9.17) is 31.9 Å². The topological polar surface area (TPSA) is 117 Å². The number of ether oxygens (including phenoxy) is 4. The summed E-state index contributed by atoms with van der Waals surface area (Å²) in [7, 11) is 0.643. The van der Waals surface area contributed by atoms with Crippen molar-refractivity contribution in [3.63, 3.8) is 0 Å². The molecule has 28 heavy (non-hydrogen) atoms. The van der Waals surface area contributed by atoms with Gasteiger partial charge in [-0.25, -0.2) is 5.14 Å². The van der Waals surface area contributed by atoms with E-state index in [2.05, 4.69) is 5.14 Å². The fraction of sp³-hybridized carbons (Fsp3) is 0.263. The second kappa shape index (κ2) is 11.2. The van der Waals surface area contributed by atoms with Gasteiger partial charge in [0.25, 0.3) is 0 Å². The molecule has 0 heterocycles.